The topological polar surface area (TPSA) is 63.1 Å². The molecule has 0 radical (unpaired) electrons. The van der Waals surface area contributed by atoms with Gasteiger partial charge in [0.25, 0.3) is 5.91 Å². The third kappa shape index (κ3) is 2.86. The summed E-state index contributed by atoms with van der Waals surface area (Å²) >= 11 is 0. The summed E-state index contributed by atoms with van der Waals surface area (Å²) in [5.74, 6) is -1.19. The van der Waals surface area contributed by atoms with Crippen molar-refractivity contribution in [3.63, 3.8) is 0 Å². The van der Waals surface area contributed by atoms with Crippen molar-refractivity contribution in [3.05, 3.63) is 35.5 Å². The van der Waals surface area contributed by atoms with Crippen LogP contribution in [-0.2, 0) is 19.3 Å². The Bertz CT molecular complexity index is 782. The number of aromatic nitrogens is 3. The maximum Gasteiger partial charge on any atom is 0.449 e. The maximum absolute atomic E-state index is 13.2. The SMILES string of the molecule is CN(C)C(=O)c1cncc(-c2nc(C(F)(F)F)n3c2CNCC3)c1. The van der Waals surface area contributed by atoms with Crippen LogP contribution in [-0.4, -0.2) is 46.0 Å². The van der Waals surface area contributed by atoms with Crippen molar-refractivity contribution in [3.8, 4) is 11.3 Å². The number of halogens is 3. The molecule has 6 nitrogen and oxygen atoms in total. The van der Waals surface area contributed by atoms with Crippen molar-refractivity contribution >= 4 is 5.91 Å². The summed E-state index contributed by atoms with van der Waals surface area (Å²) in [6, 6.07) is 1.52. The number of rotatable bonds is 2. The Morgan fingerprint density at radius 3 is 2.75 bits per heavy atom. The van der Waals surface area contributed by atoms with Gasteiger partial charge in [0.1, 0.15) is 0 Å². The average molecular weight is 339 g/mol. The number of imidazole rings is 1. The van der Waals surface area contributed by atoms with Crippen molar-refractivity contribution in [2.75, 3.05) is 20.6 Å². The number of pyridine rings is 1. The number of carbonyl (C=O) groups excluding carboxylic acids is 1. The lowest BCUT2D eigenvalue weighted by Gasteiger charge is -2.19. The van der Waals surface area contributed by atoms with E-state index in [1.54, 1.807) is 14.1 Å². The molecule has 0 saturated carbocycles. The summed E-state index contributed by atoms with van der Waals surface area (Å²) in [6.07, 6.45) is -1.73. The molecule has 1 N–H and O–H groups in total. The zero-order valence-corrected chi connectivity index (χ0v) is 13.2. The molecule has 24 heavy (non-hydrogen) atoms. The Kier molecular flexibility index (Phi) is 4.04. The fourth-order valence-corrected chi connectivity index (χ4v) is 2.70. The number of carbonyl (C=O) groups is 1. The fourth-order valence-electron chi connectivity index (χ4n) is 2.70. The second-order valence-corrected chi connectivity index (χ2v) is 5.72. The number of nitrogens with one attached hydrogen (secondary N) is 1. The molecule has 0 bridgehead atoms. The van der Waals surface area contributed by atoms with Crippen LogP contribution in [0.4, 0.5) is 13.2 Å². The average Bonchev–Trinajstić information content (AvgIpc) is 2.94. The normalized spacial score (nSPS) is 14.4. The van der Waals surface area contributed by atoms with Gasteiger partial charge in [-0.05, 0) is 6.07 Å². The zero-order chi connectivity index (χ0) is 17.5. The Morgan fingerprint density at radius 1 is 1.33 bits per heavy atom. The minimum absolute atomic E-state index is 0.195. The molecule has 1 amide bonds. The predicted octanol–water partition coefficient (Wildman–Crippen LogP) is 1.77. The summed E-state index contributed by atoms with van der Waals surface area (Å²) in [5, 5.41) is 3.05. The van der Waals surface area contributed by atoms with Gasteiger partial charge >= 0.3 is 6.18 Å². The van der Waals surface area contributed by atoms with Crippen LogP contribution < -0.4 is 5.32 Å². The molecule has 1 aliphatic heterocycles. The number of alkyl halides is 3. The Labute approximate surface area is 136 Å². The van der Waals surface area contributed by atoms with Gasteiger partial charge in [-0.25, -0.2) is 4.98 Å². The maximum atomic E-state index is 13.2. The molecule has 128 valence electrons. The number of hydrogen-bond acceptors (Lipinski definition) is 4. The number of hydrogen-bond donors (Lipinski definition) is 1. The van der Waals surface area contributed by atoms with Crippen LogP contribution in [0.15, 0.2) is 18.5 Å². The largest absolute Gasteiger partial charge is 0.449 e. The van der Waals surface area contributed by atoms with E-state index in [0.717, 1.165) is 0 Å². The molecule has 0 saturated heterocycles. The standard InChI is InChI=1S/C15H16F3N5O/c1-22(2)13(24)10-5-9(6-20-7-10)12-11-8-19-3-4-23(11)14(21-12)15(16,17)18/h5-7,19H,3-4,8H2,1-2H3. The van der Waals surface area contributed by atoms with Gasteiger partial charge < -0.3 is 14.8 Å². The van der Waals surface area contributed by atoms with Gasteiger partial charge in [-0.2, -0.15) is 13.2 Å². The van der Waals surface area contributed by atoms with Crippen molar-refractivity contribution in [1.82, 2.24) is 24.8 Å². The van der Waals surface area contributed by atoms with E-state index in [1.165, 1.54) is 27.9 Å². The fraction of sp³-hybridized carbons (Fsp3) is 0.400. The molecule has 3 rings (SSSR count). The van der Waals surface area contributed by atoms with Crippen molar-refractivity contribution in [2.45, 2.75) is 19.3 Å². The summed E-state index contributed by atoms with van der Waals surface area (Å²) in [5.41, 5.74) is 1.35. The summed E-state index contributed by atoms with van der Waals surface area (Å²) < 4.78 is 40.9. The van der Waals surface area contributed by atoms with Crippen LogP contribution in [0.5, 0.6) is 0 Å². The number of amides is 1. The van der Waals surface area contributed by atoms with Crippen molar-refractivity contribution in [2.24, 2.45) is 0 Å². The second kappa shape index (κ2) is 5.90. The van der Waals surface area contributed by atoms with E-state index in [9.17, 15) is 18.0 Å². The van der Waals surface area contributed by atoms with Crippen LogP contribution in [0.1, 0.15) is 21.9 Å². The molecule has 9 heteroatoms. The summed E-state index contributed by atoms with van der Waals surface area (Å²) in [7, 11) is 3.19. The highest BCUT2D eigenvalue weighted by atomic mass is 19.4. The van der Waals surface area contributed by atoms with E-state index in [2.05, 4.69) is 15.3 Å². The van der Waals surface area contributed by atoms with Crippen molar-refractivity contribution < 1.29 is 18.0 Å². The number of fused-ring (bicyclic) bond motifs is 1. The third-order valence-electron chi connectivity index (χ3n) is 3.80. The first-order chi connectivity index (χ1) is 11.3. The first-order valence-electron chi connectivity index (χ1n) is 7.33. The van der Waals surface area contributed by atoms with Gasteiger partial charge in [-0.1, -0.05) is 0 Å². The number of nitrogens with zero attached hydrogens (tertiary/aromatic N) is 4. The minimum Gasteiger partial charge on any atom is -0.345 e. The molecule has 0 spiro atoms. The molecule has 0 unspecified atom stereocenters. The van der Waals surface area contributed by atoms with E-state index >= 15 is 0 Å². The van der Waals surface area contributed by atoms with Gasteiger partial charge in [0.05, 0.1) is 17.0 Å². The van der Waals surface area contributed by atoms with E-state index in [1.807, 2.05) is 0 Å². The van der Waals surface area contributed by atoms with Gasteiger partial charge in [0.2, 0.25) is 5.82 Å². The second-order valence-electron chi connectivity index (χ2n) is 5.72. The summed E-state index contributed by atoms with van der Waals surface area (Å²) in [6.45, 7) is 0.925. The van der Waals surface area contributed by atoms with Gasteiger partial charge in [-0.3, -0.25) is 9.78 Å². The molecule has 0 aliphatic carbocycles. The van der Waals surface area contributed by atoms with E-state index in [0.29, 0.717) is 23.4 Å². The molecular weight excluding hydrogens is 323 g/mol. The van der Waals surface area contributed by atoms with Gasteiger partial charge in [0.15, 0.2) is 0 Å². The monoisotopic (exact) mass is 339 g/mol. The Hall–Kier alpha value is -2.42. The molecule has 0 atom stereocenters. The lowest BCUT2D eigenvalue weighted by molar-refractivity contribution is -0.147. The molecule has 1 aliphatic rings. The smallest absolute Gasteiger partial charge is 0.345 e. The van der Waals surface area contributed by atoms with Crippen LogP contribution in [0.2, 0.25) is 0 Å². The van der Waals surface area contributed by atoms with Gasteiger partial charge in [0, 0.05) is 51.7 Å². The zero-order valence-electron chi connectivity index (χ0n) is 13.2. The molecule has 0 aromatic carbocycles. The first-order valence-corrected chi connectivity index (χ1v) is 7.33. The quantitative estimate of drug-likeness (QED) is 0.906. The van der Waals surface area contributed by atoms with E-state index < -0.39 is 12.0 Å². The lowest BCUT2D eigenvalue weighted by Crippen LogP contribution is -2.30. The van der Waals surface area contributed by atoms with Crippen molar-refractivity contribution in [1.29, 1.82) is 0 Å². The molecule has 2 aromatic heterocycles. The minimum atomic E-state index is -4.53. The van der Waals surface area contributed by atoms with E-state index in [4.69, 9.17) is 0 Å². The Balaban J connectivity index is 2.12. The van der Waals surface area contributed by atoms with Crippen LogP contribution in [0.3, 0.4) is 0 Å². The highest BCUT2D eigenvalue weighted by molar-refractivity contribution is 5.94. The molecule has 3 heterocycles. The Morgan fingerprint density at radius 2 is 2.08 bits per heavy atom. The lowest BCUT2D eigenvalue weighted by atomic mass is 10.1. The highest BCUT2D eigenvalue weighted by Gasteiger charge is 2.39. The van der Waals surface area contributed by atoms with Crippen LogP contribution in [0, 0.1) is 0 Å². The van der Waals surface area contributed by atoms with E-state index in [-0.39, 0.29) is 24.7 Å². The molecular formula is C15H16F3N5O. The molecule has 0 fully saturated rings. The van der Waals surface area contributed by atoms with Crippen LogP contribution >= 0.6 is 0 Å². The third-order valence-corrected chi connectivity index (χ3v) is 3.80. The summed E-state index contributed by atoms with van der Waals surface area (Å²) in [4.78, 5) is 21.2. The van der Waals surface area contributed by atoms with Crippen LogP contribution in [0.25, 0.3) is 11.3 Å². The molecule has 2 aromatic rings. The van der Waals surface area contributed by atoms with Gasteiger partial charge in [-0.15, -0.1) is 0 Å². The first kappa shape index (κ1) is 16.4. The predicted molar refractivity (Wildman–Crippen MR) is 80.2 cm³/mol. The highest BCUT2D eigenvalue weighted by Crippen LogP contribution is 2.34.